The lowest BCUT2D eigenvalue weighted by molar-refractivity contribution is 0.0638. The fourth-order valence-corrected chi connectivity index (χ4v) is 3.99. The third-order valence-corrected chi connectivity index (χ3v) is 5.62. The first kappa shape index (κ1) is 19.7. The monoisotopic (exact) mass is 387 g/mol. The molecular weight excluding hydrogens is 358 g/mol. The van der Waals surface area contributed by atoms with Crippen molar-refractivity contribution in [1.29, 1.82) is 0 Å². The van der Waals surface area contributed by atoms with Gasteiger partial charge in [0, 0.05) is 19.6 Å². The molecule has 3 aromatic rings. The topological polar surface area (TPSA) is 32.7 Å². The molecule has 3 aromatic carbocycles. The minimum Gasteiger partial charge on any atom is -0.491 e. The highest BCUT2D eigenvalue weighted by atomic mass is 16.5. The molecule has 4 rings (SSSR count). The number of ether oxygens (including phenoxy) is 1. The molecule has 0 aromatic heterocycles. The van der Waals surface area contributed by atoms with Gasteiger partial charge in [-0.15, -0.1) is 0 Å². The van der Waals surface area contributed by atoms with Gasteiger partial charge in [0.15, 0.2) is 0 Å². The molecule has 1 atom stereocenters. The van der Waals surface area contributed by atoms with Crippen molar-refractivity contribution in [2.45, 2.75) is 32.4 Å². The molecule has 1 unspecified atom stereocenters. The normalized spacial score (nSPS) is 15.0. The van der Waals surface area contributed by atoms with Crippen molar-refractivity contribution in [3.05, 3.63) is 89.5 Å². The summed E-state index contributed by atoms with van der Waals surface area (Å²) < 4.78 is 5.92. The molecule has 0 radical (unpaired) electrons. The van der Waals surface area contributed by atoms with Crippen LogP contribution in [0.25, 0.3) is 11.1 Å². The van der Waals surface area contributed by atoms with Gasteiger partial charge in [-0.25, -0.2) is 0 Å². The van der Waals surface area contributed by atoms with E-state index in [4.69, 9.17) is 4.74 Å². The molecule has 0 spiro atoms. The van der Waals surface area contributed by atoms with Crippen molar-refractivity contribution in [2.24, 2.45) is 0 Å². The second kappa shape index (κ2) is 9.25. The zero-order chi connectivity index (χ0) is 20.1. The van der Waals surface area contributed by atoms with Crippen molar-refractivity contribution in [1.82, 2.24) is 4.90 Å². The second-order valence-electron chi connectivity index (χ2n) is 7.80. The van der Waals surface area contributed by atoms with E-state index in [2.05, 4.69) is 72.5 Å². The van der Waals surface area contributed by atoms with Gasteiger partial charge in [0.05, 0.1) is 0 Å². The summed E-state index contributed by atoms with van der Waals surface area (Å²) in [6.07, 6.45) is 1.56. The highest BCUT2D eigenvalue weighted by molar-refractivity contribution is 5.65. The van der Waals surface area contributed by atoms with Crippen LogP contribution in [0.5, 0.6) is 5.75 Å². The van der Waals surface area contributed by atoms with Crippen LogP contribution in [0.2, 0.25) is 0 Å². The standard InChI is InChI=1S/C26H29NO2/c1-2-20-7-5-10-22(15-20)23-11-6-12-26(16-23)29-19-25(28)18-27-14-13-21-8-3-4-9-24(21)17-27/h3-12,15-16,25,28H,2,13-14,17-19H2,1H3. The van der Waals surface area contributed by atoms with E-state index < -0.39 is 6.10 Å². The average Bonchev–Trinajstić information content (AvgIpc) is 2.78. The van der Waals surface area contributed by atoms with E-state index in [1.54, 1.807) is 0 Å². The highest BCUT2D eigenvalue weighted by Crippen LogP contribution is 2.25. The van der Waals surface area contributed by atoms with Gasteiger partial charge < -0.3 is 9.84 Å². The predicted molar refractivity (Wildman–Crippen MR) is 118 cm³/mol. The Morgan fingerprint density at radius 1 is 0.931 bits per heavy atom. The largest absolute Gasteiger partial charge is 0.491 e. The van der Waals surface area contributed by atoms with Crippen LogP contribution in [-0.2, 0) is 19.4 Å². The Balaban J connectivity index is 1.33. The smallest absolute Gasteiger partial charge is 0.120 e. The van der Waals surface area contributed by atoms with Crippen LogP contribution in [0.1, 0.15) is 23.6 Å². The third kappa shape index (κ3) is 5.06. The van der Waals surface area contributed by atoms with Gasteiger partial charge in [-0.1, -0.05) is 67.6 Å². The van der Waals surface area contributed by atoms with E-state index in [-0.39, 0.29) is 0 Å². The van der Waals surface area contributed by atoms with Gasteiger partial charge >= 0.3 is 0 Å². The van der Waals surface area contributed by atoms with Gasteiger partial charge in [0.25, 0.3) is 0 Å². The summed E-state index contributed by atoms with van der Waals surface area (Å²) in [4.78, 5) is 2.31. The van der Waals surface area contributed by atoms with Gasteiger partial charge in [-0.05, 0) is 52.8 Å². The molecule has 3 heteroatoms. The predicted octanol–water partition coefficient (Wildman–Crippen LogP) is 4.71. The van der Waals surface area contributed by atoms with Gasteiger partial charge in [0.1, 0.15) is 18.5 Å². The van der Waals surface area contributed by atoms with Crippen molar-refractivity contribution in [3.8, 4) is 16.9 Å². The number of rotatable bonds is 7. The second-order valence-corrected chi connectivity index (χ2v) is 7.80. The van der Waals surface area contributed by atoms with Crippen LogP contribution in [0.4, 0.5) is 0 Å². The summed E-state index contributed by atoms with van der Waals surface area (Å²) in [6, 6.07) is 25.3. The van der Waals surface area contributed by atoms with Crippen LogP contribution in [0, 0.1) is 0 Å². The van der Waals surface area contributed by atoms with Gasteiger partial charge in [-0.2, -0.15) is 0 Å². The lowest BCUT2D eigenvalue weighted by Crippen LogP contribution is -2.38. The van der Waals surface area contributed by atoms with E-state index in [0.717, 1.165) is 37.2 Å². The summed E-state index contributed by atoms with van der Waals surface area (Å²) in [7, 11) is 0. The summed E-state index contributed by atoms with van der Waals surface area (Å²) in [5, 5.41) is 10.5. The minimum absolute atomic E-state index is 0.302. The highest BCUT2D eigenvalue weighted by Gasteiger charge is 2.18. The zero-order valence-electron chi connectivity index (χ0n) is 17.1. The van der Waals surface area contributed by atoms with Crippen LogP contribution in [-0.4, -0.2) is 35.8 Å². The first-order valence-electron chi connectivity index (χ1n) is 10.5. The molecule has 1 aliphatic heterocycles. The lowest BCUT2D eigenvalue weighted by atomic mass is 10.00. The molecule has 0 saturated carbocycles. The Hall–Kier alpha value is -2.62. The fourth-order valence-electron chi connectivity index (χ4n) is 3.99. The van der Waals surface area contributed by atoms with E-state index in [1.807, 2.05) is 12.1 Å². The number of hydrogen-bond donors (Lipinski definition) is 1. The summed E-state index contributed by atoms with van der Waals surface area (Å²) in [5.74, 6) is 0.799. The number of fused-ring (bicyclic) bond motifs is 1. The Labute approximate surface area is 173 Å². The molecule has 150 valence electrons. The first-order valence-corrected chi connectivity index (χ1v) is 10.5. The van der Waals surface area contributed by atoms with Crippen molar-refractivity contribution in [3.63, 3.8) is 0 Å². The third-order valence-electron chi connectivity index (χ3n) is 5.62. The molecule has 0 aliphatic carbocycles. The van der Waals surface area contributed by atoms with E-state index in [1.165, 1.54) is 22.3 Å². The molecule has 29 heavy (non-hydrogen) atoms. The van der Waals surface area contributed by atoms with Crippen molar-refractivity contribution < 1.29 is 9.84 Å². The minimum atomic E-state index is -0.507. The molecule has 0 fully saturated rings. The number of aliphatic hydroxyl groups is 1. The Morgan fingerprint density at radius 2 is 1.69 bits per heavy atom. The number of hydrogen-bond acceptors (Lipinski definition) is 3. The molecule has 0 bridgehead atoms. The lowest BCUT2D eigenvalue weighted by Gasteiger charge is -2.30. The van der Waals surface area contributed by atoms with Crippen molar-refractivity contribution >= 4 is 0 Å². The quantitative estimate of drug-likeness (QED) is 0.637. The molecule has 1 heterocycles. The van der Waals surface area contributed by atoms with Crippen LogP contribution < -0.4 is 4.74 Å². The summed E-state index contributed by atoms with van der Waals surface area (Å²) >= 11 is 0. The molecule has 0 saturated heterocycles. The van der Waals surface area contributed by atoms with E-state index >= 15 is 0 Å². The molecule has 1 N–H and O–H groups in total. The maximum absolute atomic E-state index is 10.5. The number of nitrogens with zero attached hydrogens (tertiary/aromatic N) is 1. The number of aliphatic hydroxyl groups excluding tert-OH is 1. The van der Waals surface area contributed by atoms with Crippen LogP contribution in [0.15, 0.2) is 72.8 Å². The number of benzene rings is 3. The van der Waals surface area contributed by atoms with E-state index in [0.29, 0.717) is 13.2 Å². The molecule has 1 aliphatic rings. The maximum Gasteiger partial charge on any atom is 0.120 e. The van der Waals surface area contributed by atoms with Crippen LogP contribution in [0.3, 0.4) is 0 Å². The Kier molecular flexibility index (Phi) is 6.28. The zero-order valence-corrected chi connectivity index (χ0v) is 17.1. The average molecular weight is 388 g/mol. The Morgan fingerprint density at radius 3 is 2.52 bits per heavy atom. The maximum atomic E-state index is 10.5. The fraction of sp³-hybridized carbons (Fsp3) is 0.308. The molecule has 3 nitrogen and oxygen atoms in total. The Bertz CT molecular complexity index is 953. The molecule has 0 amide bonds. The van der Waals surface area contributed by atoms with E-state index in [9.17, 15) is 5.11 Å². The summed E-state index contributed by atoms with van der Waals surface area (Å²) in [5.41, 5.74) is 6.46. The first-order chi connectivity index (χ1) is 14.2. The van der Waals surface area contributed by atoms with Crippen LogP contribution >= 0.6 is 0 Å². The summed E-state index contributed by atoms with van der Waals surface area (Å²) in [6.45, 7) is 4.98. The molecular formula is C26H29NO2. The number of aryl methyl sites for hydroxylation is 1. The SMILES string of the molecule is CCc1cccc(-c2cccc(OCC(O)CN3CCc4ccccc4C3)c2)c1. The number of β-amino-alcohol motifs (C(OH)–C–C–N with tert-alkyl or cyclic N) is 1. The van der Waals surface area contributed by atoms with Crippen molar-refractivity contribution in [2.75, 3.05) is 19.7 Å². The van der Waals surface area contributed by atoms with Gasteiger partial charge in [0.2, 0.25) is 0 Å². The van der Waals surface area contributed by atoms with Gasteiger partial charge in [-0.3, -0.25) is 4.90 Å².